The van der Waals surface area contributed by atoms with E-state index in [-0.39, 0.29) is 24.0 Å². The molecule has 3 N–H and O–H groups in total. The molecule has 0 saturated carbocycles. The van der Waals surface area contributed by atoms with Gasteiger partial charge >= 0.3 is 0 Å². The van der Waals surface area contributed by atoms with Crippen LogP contribution in [0.5, 0.6) is 11.5 Å². The van der Waals surface area contributed by atoms with Crippen molar-refractivity contribution in [1.82, 2.24) is 4.90 Å². The number of rotatable bonds is 9. The largest absolute Gasteiger partial charge is 0.493 e. The lowest BCUT2D eigenvalue weighted by Crippen LogP contribution is -2.46. The van der Waals surface area contributed by atoms with Crippen LogP contribution in [0, 0.1) is 6.92 Å². The molecular formula is C24H36IN5O2. The Morgan fingerprint density at radius 1 is 1.00 bits per heavy atom. The van der Waals surface area contributed by atoms with E-state index in [2.05, 4.69) is 51.3 Å². The molecule has 1 aliphatic rings. The van der Waals surface area contributed by atoms with Crippen molar-refractivity contribution in [2.24, 2.45) is 10.7 Å². The second-order valence-corrected chi connectivity index (χ2v) is 7.84. The molecule has 1 saturated heterocycles. The van der Waals surface area contributed by atoms with Crippen molar-refractivity contribution in [1.29, 1.82) is 0 Å². The Bertz CT molecular complexity index is 869. The van der Waals surface area contributed by atoms with Crippen LogP contribution in [-0.2, 0) is 0 Å². The number of methoxy groups -OCH3 is 2. The van der Waals surface area contributed by atoms with Gasteiger partial charge in [-0.25, -0.2) is 0 Å². The number of hydrogen-bond acceptors (Lipinski definition) is 5. The lowest BCUT2D eigenvalue weighted by atomic mass is 10.2. The number of nitrogens with two attached hydrogens (primary N) is 1. The summed E-state index contributed by atoms with van der Waals surface area (Å²) < 4.78 is 10.6. The molecule has 7 nitrogen and oxygen atoms in total. The molecule has 3 rings (SSSR count). The predicted octanol–water partition coefficient (Wildman–Crippen LogP) is 3.96. The molecule has 176 valence electrons. The summed E-state index contributed by atoms with van der Waals surface area (Å²) >= 11 is 0. The third-order valence-corrected chi connectivity index (χ3v) is 5.56. The lowest BCUT2D eigenvalue weighted by Gasteiger charge is -2.36. The van der Waals surface area contributed by atoms with E-state index in [0.717, 1.165) is 57.8 Å². The zero-order chi connectivity index (χ0) is 22.1. The molecule has 0 atom stereocenters. The summed E-state index contributed by atoms with van der Waals surface area (Å²) in [5, 5.41) is 3.11. The molecule has 0 spiro atoms. The van der Waals surface area contributed by atoms with E-state index in [1.807, 2.05) is 18.2 Å². The average molecular weight is 553 g/mol. The van der Waals surface area contributed by atoms with Crippen LogP contribution in [0.25, 0.3) is 0 Å². The molecule has 0 bridgehead atoms. The number of unbranched alkanes of at least 4 members (excludes halogenated alkanes) is 1. The van der Waals surface area contributed by atoms with Crippen molar-refractivity contribution < 1.29 is 9.47 Å². The Hall–Kier alpha value is -2.20. The third kappa shape index (κ3) is 7.74. The molecule has 32 heavy (non-hydrogen) atoms. The Labute approximate surface area is 209 Å². The minimum absolute atomic E-state index is 0. The fourth-order valence-corrected chi connectivity index (χ4v) is 3.80. The number of ether oxygens (including phenoxy) is 2. The first-order chi connectivity index (χ1) is 15.1. The quantitative estimate of drug-likeness (QED) is 0.212. The van der Waals surface area contributed by atoms with Crippen LogP contribution < -0.4 is 25.4 Å². The number of hydrogen-bond donors (Lipinski definition) is 2. The van der Waals surface area contributed by atoms with Gasteiger partial charge in [0.1, 0.15) is 0 Å². The van der Waals surface area contributed by atoms with E-state index in [0.29, 0.717) is 17.5 Å². The van der Waals surface area contributed by atoms with Gasteiger partial charge in [-0.05, 0) is 56.1 Å². The summed E-state index contributed by atoms with van der Waals surface area (Å²) in [6, 6.07) is 14.3. The van der Waals surface area contributed by atoms with Gasteiger partial charge in [0.15, 0.2) is 17.5 Å². The second kappa shape index (κ2) is 13.4. The summed E-state index contributed by atoms with van der Waals surface area (Å²) in [5.41, 5.74) is 9.51. The predicted molar refractivity (Wildman–Crippen MR) is 144 cm³/mol. The molecule has 1 aliphatic heterocycles. The van der Waals surface area contributed by atoms with E-state index >= 15 is 0 Å². The van der Waals surface area contributed by atoms with Crippen molar-refractivity contribution >= 4 is 41.3 Å². The minimum atomic E-state index is 0. The normalized spacial score (nSPS) is 14.6. The van der Waals surface area contributed by atoms with Gasteiger partial charge in [0, 0.05) is 50.2 Å². The van der Waals surface area contributed by atoms with E-state index in [4.69, 9.17) is 15.2 Å². The molecule has 0 aliphatic carbocycles. The van der Waals surface area contributed by atoms with E-state index in [1.165, 1.54) is 11.3 Å². The number of aliphatic imine (C=N–C) groups is 1. The van der Waals surface area contributed by atoms with Gasteiger partial charge in [0.25, 0.3) is 0 Å². The summed E-state index contributed by atoms with van der Waals surface area (Å²) in [5.74, 6) is 1.75. The molecule has 8 heteroatoms. The molecule has 0 amide bonds. The van der Waals surface area contributed by atoms with Gasteiger partial charge in [-0.2, -0.15) is 0 Å². The monoisotopic (exact) mass is 553 g/mol. The van der Waals surface area contributed by atoms with Crippen LogP contribution in [-0.4, -0.2) is 64.3 Å². The number of guanidine groups is 1. The highest BCUT2D eigenvalue weighted by molar-refractivity contribution is 14.0. The van der Waals surface area contributed by atoms with Gasteiger partial charge in [-0.15, -0.1) is 24.0 Å². The highest BCUT2D eigenvalue weighted by atomic mass is 127. The fourth-order valence-electron chi connectivity index (χ4n) is 3.80. The van der Waals surface area contributed by atoms with Crippen LogP contribution in [0.4, 0.5) is 11.4 Å². The highest BCUT2D eigenvalue weighted by Gasteiger charge is 2.16. The SMILES string of the molecule is COc1ccc(NC(N)=NCCCCN2CCN(c3cccc(C)c3)CC2)cc1OC.I. The summed E-state index contributed by atoms with van der Waals surface area (Å²) in [6.07, 6.45) is 2.14. The zero-order valence-corrected chi connectivity index (χ0v) is 21.7. The number of halogens is 1. The molecule has 1 heterocycles. The Morgan fingerprint density at radius 3 is 2.44 bits per heavy atom. The van der Waals surface area contributed by atoms with Crippen LogP contribution in [0.3, 0.4) is 0 Å². The molecule has 0 unspecified atom stereocenters. The number of piperazine rings is 1. The van der Waals surface area contributed by atoms with E-state index < -0.39 is 0 Å². The van der Waals surface area contributed by atoms with E-state index in [1.54, 1.807) is 14.2 Å². The van der Waals surface area contributed by atoms with Crippen molar-refractivity contribution in [2.45, 2.75) is 19.8 Å². The smallest absolute Gasteiger partial charge is 0.193 e. The maximum atomic E-state index is 6.02. The number of aryl methyl sites for hydroxylation is 1. The first-order valence-corrected chi connectivity index (χ1v) is 10.9. The average Bonchev–Trinajstić information content (AvgIpc) is 2.79. The van der Waals surface area contributed by atoms with Crippen LogP contribution in [0.15, 0.2) is 47.5 Å². The highest BCUT2D eigenvalue weighted by Crippen LogP contribution is 2.29. The molecular weight excluding hydrogens is 517 g/mol. The Balaban J connectivity index is 0.00000363. The van der Waals surface area contributed by atoms with Crippen molar-refractivity contribution in [3.63, 3.8) is 0 Å². The maximum Gasteiger partial charge on any atom is 0.193 e. The maximum absolute atomic E-state index is 6.02. The summed E-state index contributed by atoms with van der Waals surface area (Å²) in [4.78, 5) is 9.47. The minimum Gasteiger partial charge on any atom is -0.493 e. The van der Waals surface area contributed by atoms with Crippen LogP contribution in [0.1, 0.15) is 18.4 Å². The number of benzene rings is 2. The lowest BCUT2D eigenvalue weighted by molar-refractivity contribution is 0.253. The molecule has 0 radical (unpaired) electrons. The van der Waals surface area contributed by atoms with E-state index in [9.17, 15) is 0 Å². The topological polar surface area (TPSA) is 75.4 Å². The van der Waals surface area contributed by atoms with Gasteiger partial charge in [-0.1, -0.05) is 12.1 Å². The fraction of sp³-hybridized carbons (Fsp3) is 0.458. The summed E-state index contributed by atoms with van der Waals surface area (Å²) in [7, 11) is 3.23. The van der Waals surface area contributed by atoms with Gasteiger partial charge in [0.2, 0.25) is 0 Å². The standard InChI is InChI=1S/C24H35N5O2.HI/c1-19-7-6-8-21(17-19)29-15-13-28(14-16-29)12-5-4-11-26-24(25)27-20-9-10-22(30-2)23(18-20)31-3;/h6-10,17-18H,4-5,11-16H2,1-3H3,(H3,25,26,27);1H. The van der Waals surface area contributed by atoms with Crippen molar-refractivity contribution in [3.8, 4) is 11.5 Å². The Morgan fingerprint density at radius 2 is 1.75 bits per heavy atom. The first kappa shape index (κ1) is 26.1. The van der Waals surface area contributed by atoms with Gasteiger partial charge in [0.05, 0.1) is 14.2 Å². The third-order valence-electron chi connectivity index (χ3n) is 5.56. The van der Waals surface area contributed by atoms with Crippen LogP contribution >= 0.6 is 24.0 Å². The van der Waals surface area contributed by atoms with Crippen molar-refractivity contribution in [3.05, 3.63) is 48.0 Å². The number of anilines is 2. The van der Waals surface area contributed by atoms with Crippen LogP contribution in [0.2, 0.25) is 0 Å². The molecule has 2 aromatic carbocycles. The Kier molecular flexibility index (Phi) is 10.9. The number of nitrogens with one attached hydrogen (secondary N) is 1. The van der Waals surface area contributed by atoms with Gasteiger partial charge < -0.3 is 25.4 Å². The molecule has 1 fully saturated rings. The second-order valence-electron chi connectivity index (χ2n) is 7.84. The molecule has 0 aromatic heterocycles. The number of nitrogens with zero attached hydrogens (tertiary/aromatic N) is 3. The van der Waals surface area contributed by atoms with Crippen molar-refractivity contribution in [2.75, 3.05) is 63.7 Å². The summed E-state index contributed by atoms with van der Waals surface area (Å²) in [6.45, 7) is 8.38. The first-order valence-electron chi connectivity index (χ1n) is 10.9. The zero-order valence-electron chi connectivity index (χ0n) is 19.3. The van der Waals surface area contributed by atoms with Gasteiger partial charge in [-0.3, -0.25) is 9.89 Å². The molecule has 2 aromatic rings.